The minimum absolute atomic E-state index is 0.123. The molecule has 3 heteroatoms. The summed E-state index contributed by atoms with van der Waals surface area (Å²) in [5, 5.41) is 2.98. The molecule has 1 aliphatic heterocycles. The van der Waals surface area contributed by atoms with Gasteiger partial charge in [-0.05, 0) is 6.92 Å². The van der Waals surface area contributed by atoms with Crippen LogP contribution in [0.2, 0.25) is 0 Å². The van der Waals surface area contributed by atoms with Crippen LogP contribution in [0.25, 0.3) is 0 Å². The number of carbonyl (C=O) groups is 1. The standard InChI is InChI=1S/C5H9NOS/c1-3-4(8)2-5(7)6-3/h3-4,8H,2H2,1H3,(H,6,7). The summed E-state index contributed by atoms with van der Waals surface area (Å²) in [6, 6.07) is 0.255. The quantitative estimate of drug-likeness (QED) is 0.452. The number of hydrogen-bond acceptors (Lipinski definition) is 2. The van der Waals surface area contributed by atoms with Gasteiger partial charge in [-0.15, -0.1) is 0 Å². The summed E-state index contributed by atoms with van der Waals surface area (Å²) in [5.41, 5.74) is 0. The van der Waals surface area contributed by atoms with Crippen LogP contribution in [-0.4, -0.2) is 17.2 Å². The van der Waals surface area contributed by atoms with Gasteiger partial charge in [0.25, 0.3) is 0 Å². The average molecular weight is 131 g/mol. The molecule has 1 amide bonds. The highest BCUT2D eigenvalue weighted by Crippen LogP contribution is 2.12. The van der Waals surface area contributed by atoms with E-state index in [9.17, 15) is 4.79 Å². The molecule has 2 atom stereocenters. The van der Waals surface area contributed by atoms with Gasteiger partial charge in [0, 0.05) is 17.7 Å². The van der Waals surface area contributed by atoms with Gasteiger partial charge in [-0.2, -0.15) is 12.6 Å². The third-order valence-electron chi connectivity index (χ3n) is 1.36. The molecule has 1 aliphatic rings. The molecule has 8 heavy (non-hydrogen) atoms. The monoisotopic (exact) mass is 131 g/mol. The van der Waals surface area contributed by atoms with Gasteiger partial charge >= 0.3 is 0 Å². The van der Waals surface area contributed by atoms with Crippen molar-refractivity contribution in [3.63, 3.8) is 0 Å². The van der Waals surface area contributed by atoms with E-state index >= 15 is 0 Å². The van der Waals surface area contributed by atoms with Crippen molar-refractivity contribution >= 4 is 18.5 Å². The highest BCUT2D eigenvalue weighted by Gasteiger charge is 2.24. The molecule has 0 saturated carbocycles. The molecule has 1 N–H and O–H groups in total. The molecule has 1 heterocycles. The van der Waals surface area contributed by atoms with Crippen molar-refractivity contribution in [3.8, 4) is 0 Å². The zero-order valence-corrected chi connectivity index (χ0v) is 5.61. The Kier molecular flexibility index (Phi) is 1.47. The first kappa shape index (κ1) is 5.95. The molecule has 2 nitrogen and oxygen atoms in total. The largest absolute Gasteiger partial charge is 0.352 e. The number of hydrogen-bond donors (Lipinski definition) is 2. The van der Waals surface area contributed by atoms with Crippen LogP contribution in [-0.2, 0) is 4.79 Å². The number of nitrogens with one attached hydrogen (secondary N) is 1. The minimum atomic E-state index is 0.123. The van der Waals surface area contributed by atoms with Crippen LogP contribution in [0.4, 0.5) is 0 Å². The molecule has 0 aromatic carbocycles. The minimum Gasteiger partial charge on any atom is -0.352 e. The summed E-state index contributed by atoms with van der Waals surface area (Å²) in [7, 11) is 0. The Morgan fingerprint density at radius 1 is 1.88 bits per heavy atom. The fraction of sp³-hybridized carbons (Fsp3) is 0.800. The predicted octanol–water partition coefficient (Wildman–Crippen LogP) is 0.193. The van der Waals surface area contributed by atoms with E-state index < -0.39 is 0 Å². The maximum Gasteiger partial charge on any atom is 0.221 e. The van der Waals surface area contributed by atoms with Crippen molar-refractivity contribution in [2.75, 3.05) is 0 Å². The summed E-state index contributed by atoms with van der Waals surface area (Å²) in [5.74, 6) is 0.123. The first-order valence-corrected chi connectivity index (χ1v) is 3.19. The fourth-order valence-corrected chi connectivity index (χ4v) is 1.02. The first-order valence-electron chi connectivity index (χ1n) is 2.67. The lowest BCUT2D eigenvalue weighted by Crippen LogP contribution is -2.25. The zero-order valence-electron chi connectivity index (χ0n) is 4.72. The van der Waals surface area contributed by atoms with Gasteiger partial charge in [-0.1, -0.05) is 0 Å². The third kappa shape index (κ3) is 0.968. The molecular weight excluding hydrogens is 122 g/mol. The second kappa shape index (κ2) is 1.97. The maximum atomic E-state index is 10.5. The van der Waals surface area contributed by atoms with Crippen molar-refractivity contribution < 1.29 is 4.79 Å². The van der Waals surface area contributed by atoms with E-state index in [1.165, 1.54) is 0 Å². The Morgan fingerprint density at radius 3 is 2.62 bits per heavy atom. The molecule has 2 unspecified atom stereocenters. The lowest BCUT2D eigenvalue weighted by Gasteiger charge is -2.04. The summed E-state index contributed by atoms with van der Waals surface area (Å²) >= 11 is 4.16. The lowest BCUT2D eigenvalue weighted by molar-refractivity contribution is -0.119. The molecule has 0 spiro atoms. The smallest absolute Gasteiger partial charge is 0.221 e. The SMILES string of the molecule is CC1NC(=O)CC1S. The van der Waals surface area contributed by atoms with Crippen LogP contribution in [0.15, 0.2) is 0 Å². The molecule has 46 valence electrons. The van der Waals surface area contributed by atoms with Crippen molar-refractivity contribution in [1.82, 2.24) is 5.32 Å². The van der Waals surface area contributed by atoms with Crippen LogP contribution in [0.3, 0.4) is 0 Å². The van der Waals surface area contributed by atoms with Gasteiger partial charge in [0.1, 0.15) is 0 Å². The molecule has 1 rings (SSSR count). The summed E-state index contributed by atoms with van der Waals surface area (Å²) < 4.78 is 0. The first-order chi connectivity index (χ1) is 3.70. The van der Waals surface area contributed by atoms with Crippen LogP contribution < -0.4 is 5.32 Å². The molecule has 1 fully saturated rings. The molecule has 0 aromatic heterocycles. The van der Waals surface area contributed by atoms with E-state index in [1.807, 2.05) is 6.92 Å². The maximum absolute atomic E-state index is 10.5. The Bertz CT molecular complexity index is 103. The van der Waals surface area contributed by atoms with Gasteiger partial charge in [0.15, 0.2) is 0 Å². The molecule has 0 radical (unpaired) electrons. The number of amides is 1. The average Bonchev–Trinajstić information content (AvgIpc) is 1.85. The van der Waals surface area contributed by atoms with Gasteiger partial charge in [-0.3, -0.25) is 4.79 Å². The van der Waals surface area contributed by atoms with Crippen molar-refractivity contribution in [2.24, 2.45) is 0 Å². The zero-order chi connectivity index (χ0) is 6.15. The Morgan fingerprint density at radius 2 is 2.50 bits per heavy atom. The highest BCUT2D eigenvalue weighted by atomic mass is 32.1. The van der Waals surface area contributed by atoms with Crippen molar-refractivity contribution in [1.29, 1.82) is 0 Å². The van der Waals surface area contributed by atoms with E-state index in [-0.39, 0.29) is 17.2 Å². The Labute approximate surface area is 54.1 Å². The topological polar surface area (TPSA) is 29.1 Å². The van der Waals surface area contributed by atoms with Gasteiger partial charge in [0.2, 0.25) is 5.91 Å². The van der Waals surface area contributed by atoms with E-state index in [1.54, 1.807) is 0 Å². The number of carbonyl (C=O) groups excluding carboxylic acids is 1. The van der Waals surface area contributed by atoms with Crippen LogP contribution >= 0.6 is 12.6 Å². The van der Waals surface area contributed by atoms with Gasteiger partial charge in [-0.25, -0.2) is 0 Å². The van der Waals surface area contributed by atoms with Crippen LogP contribution in [0, 0.1) is 0 Å². The summed E-state index contributed by atoms with van der Waals surface area (Å²) in [6.45, 7) is 1.96. The van der Waals surface area contributed by atoms with Gasteiger partial charge in [0.05, 0.1) is 0 Å². The van der Waals surface area contributed by atoms with Gasteiger partial charge < -0.3 is 5.32 Å². The predicted molar refractivity (Wildman–Crippen MR) is 35.0 cm³/mol. The van der Waals surface area contributed by atoms with Crippen LogP contribution in [0.1, 0.15) is 13.3 Å². The molecule has 0 aromatic rings. The molecular formula is C5H9NOS. The normalized spacial score (nSPS) is 37.5. The molecule has 1 saturated heterocycles. The third-order valence-corrected chi connectivity index (χ3v) is 1.99. The van der Waals surface area contributed by atoms with Crippen molar-refractivity contribution in [2.45, 2.75) is 24.6 Å². The second-order valence-corrected chi connectivity index (χ2v) is 2.79. The van der Waals surface area contributed by atoms with E-state index in [0.717, 1.165) is 0 Å². The number of thiol groups is 1. The van der Waals surface area contributed by atoms with E-state index in [2.05, 4.69) is 17.9 Å². The molecule has 0 bridgehead atoms. The number of rotatable bonds is 0. The second-order valence-electron chi connectivity index (χ2n) is 2.13. The Hall–Kier alpha value is -0.180. The van der Waals surface area contributed by atoms with E-state index in [0.29, 0.717) is 6.42 Å². The highest BCUT2D eigenvalue weighted by molar-refractivity contribution is 7.81. The Balaban J connectivity index is 2.51. The lowest BCUT2D eigenvalue weighted by atomic mass is 10.2. The summed E-state index contributed by atoms with van der Waals surface area (Å²) in [6.07, 6.45) is 0.574. The van der Waals surface area contributed by atoms with Crippen LogP contribution in [0.5, 0.6) is 0 Å². The molecule has 0 aliphatic carbocycles. The fourth-order valence-electron chi connectivity index (χ4n) is 0.776. The van der Waals surface area contributed by atoms with Crippen molar-refractivity contribution in [3.05, 3.63) is 0 Å². The van der Waals surface area contributed by atoms with E-state index in [4.69, 9.17) is 0 Å². The summed E-state index contributed by atoms with van der Waals surface area (Å²) in [4.78, 5) is 10.5.